The molecule has 3 heterocycles. The van der Waals surface area contributed by atoms with E-state index in [1.807, 2.05) is 19.1 Å². The molecule has 0 spiro atoms. The predicted octanol–water partition coefficient (Wildman–Crippen LogP) is 3.25. The lowest BCUT2D eigenvalue weighted by molar-refractivity contribution is -0.125. The molecule has 0 atom stereocenters. The Morgan fingerprint density at radius 2 is 2.00 bits per heavy atom. The number of rotatable bonds is 5. The van der Waals surface area contributed by atoms with Crippen molar-refractivity contribution >= 4 is 23.2 Å². The normalized spacial score (nSPS) is 15.1. The summed E-state index contributed by atoms with van der Waals surface area (Å²) in [7, 11) is 0. The van der Waals surface area contributed by atoms with Gasteiger partial charge in [-0.25, -0.2) is 9.37 Å². The maximum Gasteiger partial charge on any atom is 0.299 e. The average molecular weight is 382 g/mol. The Hall–Kier alpha value is -2.96. The number of carbonyl (C=O) groups is 1. The van der Waals surface area contributed by atoms with Crippen molar-refractivity contribution < 1.29 is 13.6 Å². The number of benzene rings is 1. The van der Waals surface area contributed by atoms with Crippen LogP contribution in [0.5, 0.6) is 0 Å². The molecular weight excluding hydrogens is 359 g/mol. The molecule has 1 amide bonds. The number of oxazole rings is 1. The molecule has 7 heteroatoms. The van der Waals surface area contributed by atoms with Gasteiger partial charge in [0.15, 0.2) is 5.58 Å². The highest BCUT2D eigenvalue weighted by atomic mass is 19.1. The van der Waals surface area contributed by atoms with E-state index < -0.39 is 0 Å². The first-order valence-corrected chi connectivity index (χ1v) is 9.60. The molecular formula is C21H23FN4O2. The van der Waals surface area contributed by atoms with E-state index in [2.05, 4.69) is 20.2 Å². The molecule has 3 aromatic rings. The third-order valence-electron chi connectivity index (χ3n) is 5.17. The predicted molar refractivity (Wildman–Crippen MR) is 105 cm³/mol. The summed E-state index contributed by atoms with van der Waals surface area (Å²) >= 11 is 0. The summed E-state index contributed by atoms with van der Waals surface area (Å²) in [4.78, 5) is 23.3. The van der Waals surface area contributed by atoms with Gasteiger partial charge in [0.2, 0.25) is 11.6 Å². The van der Waals surface area contributed by atoms with Gasteiger partial charge in [-0.1, -0.05) is 18.2 Å². The van der Waals surface area contributed by atoms with Gasteiger partial charge in [0, 0.05) is 31.2 Å². The number of pyridine rings is 1. The summed E-state index contributed by atoms with van der Waals surface area (Å²) in [5.41, 5.74) is 2.81. The van der Waals surface area contributed by atoms with Crippen molar-refractivity contribution in [2.45, 2.75) is 26.2 Å². The van der Waals surface area contributed by atoms with Crippen LogP contribution in [0.15, 0.2) is 40.8 Å². The van der Waals surface area contributed by atoms with Gasteiger partial charge in [-0.15, -0.1) is 0 Å². The molecule has 146 valence electrons. The van der Waals surface area contributed by atoms with E-state index in [9.17, 15) is 9.18 Å². The molecule has 1 fully saturated rings. The van der Waals surface area contributed by atoms with Crippen LogP contribution in [-0.2, 0) is 11.2 Å². The molecule has 0 unspecified atom stereocenters. The quantitative estimate of drug-likeness (QED) is 0.733. The van der Waals surface area contributed by atoms with Gasteiger partial charge in [0.05, 0.1) is 0 Å². The lowest BCUT2D eigenvalue weighted by Gasteiger charge is -2.30. The van der Waals surface area contributed by atoms with Crippen molar-refractivity contribution in [2.24, 2.45) is 5.92 Å². The van der Waals surface area contributed by atoms with Gasteiger partial charge in [-0.05, 0) is 49.9 Å². The number of aryl methyl sites for hydroxylation is 1. The van der Waals surface area contributed by atoms with E-state index in [-0.39, 0.29) is 17.6 Å². The van der Waals surface area contributed by atoms with Crippen LogP contribution in [0.2, 0.25) is 0 Å². The fraction of sp³-hybridized carbons (Fsp3) is 0.381. The first-order valence-electron chi connectivity index (χ1n) is 9.60. The minimum atomic E-state index is -0.229. The number of amides is 1. The Balaban J connectivity index is 1.28. The number of nitrogens with zero attached hydrogens (tertiary/aromatic N) is 3. The van der Waals surface area contributed by atoms with Gasteiger partial charge < -0.3 is 14.6 Å². The highest BCUT2D eigenvalue weighted by Gasteiger charge is 2.27. The van der Waals surface area contributed by atoms with Crippen LogP contribution >= 0.6 is 0 Å². The fourth-order valence-electron chi connectivity index (χ4n) is 3.54. The first kappa shape index (κ1) is 18.4. The highest BCUT2D eigenvalue weighted by Crippen LogP contribution is 2.26. The van der Waals surface area contributed by atoms with Crippen molar-refractivity contribution in [3.05, 3.63) is 53.5 Å². The molecule has 6 nitrogen and oxygen atoms in total. The lowest BCUT2D eigenvalue weighted by atomic mass is 9.96. The van der Waals surface area contributed by atoms with Gasteiger partial charge in [0.25, 0.3) is 6.01 Å². The molecule has 1 aliphatic rings. The van der Waals surface area contributed by atoms with Gasteiger partial charge in [-0.3, -0.25) is 4.79 Å². The Labute approximate surface area is 162 Å². The van der Waals surface area contributed by atoms with Crippen LogP contribution in [0.25, 0.3) is 11.2 Å². The minimum absolute atomic E-state index is 0.0332. The fourth-order valence-corrected chi connectivity index (χ4v) is 3.54. The second-order valence-electron chi connectivity index (χ2n) is 7.16. The standard InChI is InChI=1S/C21H23FN4O2/c1-14-6-7-18-19(24-14)25-21(28-18)26-12-9-16(10-13-26)20(27)23-11-8-15-4-2-3-5-17(15)22/h2-7,16H,8-13H2,1H3,(H,23,27). The molecule has 1 N–H and O–H groups in total. The molecule has 1 aliphatic heterocycles. The SMILES string of the molecule is Cc1ccc2oc(N3CCC(C(=O)NCCc4ccccc4F)CC3)nc2n1. The van der Waals surface area contributed by atoms with Crippen LogP contribution in [0, 0.1) is 18.7 Å². The zero-order chi connectivity index (χ0) is 19.5. The maximum atomic E-state index is 13.6. The largest absolute Gasteiger partial charge is 0.422 e. The summed E-state index contributed by atoms with van der Waals surface area (Å²) in [6, 6.07) is 11.0. The van der Waals surface area contributed by atoms with Crippen LogP contribution in [-0.4, -0.2) is 35.5 Å². The van der Waals surface area contributed by atoms with Crippen molar-refractivity contribution in [3.8, 4) is 0 Å². The number of piperidine rings is 1. The zero-order valence-electron chi connectivity index (χ0n) is 15.8. The smallest absolute Gasteiger partial charge is 0.299 e. The Morgan fingerprint density at radius 3 is 2.79 bits per heavy atom. The van der Waals surface area contributed by atoms with Crippen molar-refractivity contribution in [1.82, 2.24) is 15.3 Å². The summed E-state index contributed by atoms with van der Waals surface area (Å²) < 4.78 is 19.4. The Kier molecular flexibility index (Phi) is 5.23. The van der Waals surface area contributed by atoms with E-state index in [1.54, 1.807) is 18.2 Å². The van der Waals surface area contributed by atoms with Crippen LogP contribution in [0.3, 0.4) is 0 Å². The van der Waals surface area contributed by atoms with Crippen molar-refractivity contribution in [3.63, 3.8) is 0 Å². The number of halogens is 1. The minimum Gasteiger partial charge on any atom is -0.422 e. The monoisotopic (exact) mass is 382 g/mol. The molecule has 1 saturated heterocycles. The molecule has 4 rings (SSSR count). The second kappa shape index (κ2) is 7.96. The Bertz CT molecular complexity index is 979. The molecule has 0 saturated carbocycles. The second-order valence-corrected chi connectivity index (χ2v) is 7.16. The molecule has 0 aliphatic carbocycles. The topological polar surface area (TPSA) is 71.3 Å². The van der Waals surface area contributed by atoms with Gasteiger partial charge in [-0.2, -0.15) is 4.98 Å². The summed E-state index contributed by atoms with van der Waals surface area (Å²) in [6.07, 6.45) is 1.96. The number of fused-ring (bicyclic) bond motifs is 1. The summed E-state index contributed by atoms with van der Waals surface area (Å²) in [5, 5.41) is 2.94. The zero-order valence-corrected chi connectivity index (χ0v) is 15.8. The van der Waals surface area contributed by atoms with Crippen molar-refractivity contribution in [1.29, 1.82) is 0 Å². The van der Waals surface area contributed by atoms with Gasteiger partial charge >= 0.3 is 0 Å². The van der Waals surface area contributed by atoms with E-state index in [0.717, 1.165) is 18.5 Å². The van der Waals surface area contributed by atoms with E-state index >= 15 is 0 Å². The van der Waals surface area contributed by atoms with E-state index in [0.29, 0.717) is 48.9 Å². The number of anilines is 1. The first-order chi connectivity index (χ1) is 13.6. The Morgan fingerprint density at radius 1 is 1.21 bits per heavy atom. The lowest BCUT2D eigenvalue weighted by Crippen LogP contribution is -2.41. The highest BCUT2D eigenvalue weighted by molar-refractivity contribution is 5.79. The van der Waals surface area contributed by atoms with E-state index in [1.165, 1.54) is 6.07 Å². The van der Waals surface area contributed by atoms with Crippen molar-refractivity contribution in [2.75, 3.05) is 24.5 Å². The number of hydrogen-bond donors (Lipinski definition) is 1. The third-order valence-corrected chi connectivity index (χ3v) is 5.17. The molecule has 0 bridgehead atoms. The molecule has 1 aromatic carbocycles. The van der Waals surface area contributed by atoms with Crippen LogP contribution in [0.1, 0.15) is 24.1 Å². The molecule has 2 aromatic heterocycles. The molecule has 28 heavy (non-hydrogen) atoms. The number of carbonyl (C=O) groups excluding carboxylic acids is 1. The van der Waals surface area contributed by atoms with Gasteiger partial charge in [0.1, 0.15) is 5.82 Å². The average Bonchev–Trinajstić information content (AvgIpc) is 3.12. The third kappa shape index (κ3) is 3.98. The summed E-state index contributed by atoms with van der Waals surface area (Å²) in [6.45, 7) is 3.77. The maximum absolute atomic E-state index is 13.6. The molecule has 0 radical (unpaired) electrons. The number of aromatic nitrogens is 2. The van der Waals surface area contributed by atoms with Crippen LogP contribution < -0.4 is 10.2 Å². The number of hydrogen-bond acceptors (Lipinski definition) is 5. The van der Waals surface area contributed by atoms with Crippen LogP contribution in [0.4, 0.5) is 10.4 Å². The summed E-state index contributed by atoms with van der Waals surface area (Å²) in [5.74, 6) is -0.236. The van der Waals surface area contributed by atoms with E-state index in [4.69, 9.17) is 4.42 Å². The number of nitrogens with one attached hydrogen (secondary N) is 1.